The number of rotatable bonds is 2. The predicted octanol–water partition coefficient (Wildman–Crippen LogP) is 4.92. The van der Waals surface area contributed by atoms with Crippen molar-refractivity contribution >= 4 is 11.8 Å². The maximum atomic E-state index is 12.0. The van der Waals surface area contributed by atoms with Gasteiger partial charge in [0.2, 0.25) is 0 Å². The number of fused-ring (bicyclic) bond motifs is 5. The minimum atomic E-state index is -0.0320. The molecule has 25 heavy (non-hydrogen) atoms. The molecule has 0 aliphatic heterocycles. The Hall–Kier alpha value is -0.860. The molecule has 3 heteroatoms. The Morgan fingerprint density at radius 1 is 1.04 bits per heavy atom. The molecular formula is C22H34O3. The third kappa shape index (κ3) is 2.59. The van der Waals surface area contributed by atoms with Crippen molar-refractivity contribution in [3.8, 4) is 0 Å². The fourth-order valence-corrected chi connectivity index (χ4v) is 7.43. The molecule has 0 aromatic carbocycles. The Morgan fingerprint density at radius 3 is 2.56 bits per heavy atom. The molecule has 0 radical (unpaired) electrons. The highest BCUT2D eigenvalue weighted by atomic mass is 16.5. The monoisotopic (exact) mass is 346 g/mol. The number of hydrogen-bond donors (Lipinski definition) is 0. The second kappa shape index (κ2) is 6.09. The van der Waals surface area contributed by atoms with E-state index in [0.29, 0.717) is 29.5 Å². The van der Waals surface area contributed by atoms with Gasteiger partial charge in [-0.25, -0.2) is 0 Å². The summed E-state index contributed by atoms with van der Waals surface area (Å²) in [5, 5.41) is 0. The lowest BCUT2D eigenvalue weighted by molar-refractivity contribution is -0.163. The van der Waals surface area contributed by atoms with Crippen molar-refractivity contribution in [1.82, 2.24) is 0 Å². The van der Waals surface area contributed by atoms with Crippen LogP contribution in [0.15, 0.2) is 0 Å². The van der Waals surface area contributed by atoms with Gasteiger partial charge in [0, 0.05) is 24.7 Å². The largest absolute Gasteiger partial charge is 0.462 e. The van der Waals surface area contributed by atoms with E-state index in [9.17, 15) is 9.59 Å². The van der Waals surface area contributed by atoms with Gasteiger partial charge in [0.15, 0.2) is 0 Å². The number of esters is 1. The maximum absolute atomic E-state index is 12.0. The fourth-order valence-electron chi connectivity index (χ4n) is 7.43. The van der Waals surface area contributed by atoms with Crippen molar-refractivity contribution in [2.75, 3.05) is 0 Å². The van der Waals surface area contributed by atoms with Crippen LogP contribution in [0.2, 0.25) is 0 Å². The van der Waals surface area contributed by atoms with E-state index >= 15 is 0 Å². The summed E-state index contributed by atoms with van der Waals surface area (Å²) < 4.78 is 5.87. The van der Waals surface area contributed by atoms with E-state index in [1.807, 2.05) is 6.92 Å². The summed E-state index contributed by atoms with van der Waals surface area (Å²) in [5.41, 5.74) is 0.552. The summed E-state index contributed by atoms with van der Waals surface area (Å²) in [6.45, 7) is 6.78. The molecule has 4 aliphatic carbocycles. The Labute approximate surface area is 152 Å². The molecule has 0 heterocycles. The Bertz CT molecular complexity index is 570. The van der Waals surface area contributed by atoms with E-state index in [4.69, 9.17) is 4.74 Å². The van der Waals surface area contributed by atoms with Gasteiger partial charge in [-0.1, -0.05) is 20.8 Å². The molecule has 3 nitrogen and oxygen atoms in total. The molecule has 4 aliphatic rings. The van der Waals surface area contributed by atoms with E-state index < -0.39 is 0 Å². The van der Waals surface area contributed by atoms with Crippen LogP contribution in [0, 0.1) is 34.5 Å². The Kier molecular flexibility index (Phi) is 4.28. The second-order valence-electron chi connectivity index (χ2n) is 9.85. The number of hydrogen-bond acceptors (Lipinski definition) is 3. The molecule has 140 valence electrons. The molecule has 0 saturated heterocycles. The standard InChI is InChI=1S/C22H34O3/c1-4-20(24)25-19-8-7-17-16-6-5-14-13-15(23)9-11-21(14,2)18(16)10-12-22(17,19)3/h14,16-19H,4-13H2,1-3H3/t14-,16+,17+,18+,19-,21+,22+/m1/s1. The molecule has 7 atom stereocenters. The lowest BCUT2D eigenvalue weighted by Crippen LogP contribution is -2.54. The highest BCUT2D eigenvalue weighted by molar-refractivity contribution is 5.79. The highest BCUT2D eigenvalue weighted by Gasteiger charge is 2.61. The van der Waals surface area contributed by atoms with Gasteiger partial charge >= 0.3 is 5.97 Å². The van der Waals surface area contributed by atoms with Crippen molar-refractivity contribution in [1.29, 1.82) is 0 Å². The first-order valence-electron chi connectivity index (χ1n) is 10.6. The van der Waals surface area contributed by atoms with Crippen LogP contribution in [-0.4, -0.2) is 17.9 Å². The average Bonchev–Trinajstić information content (AvgIpc) is 2.92. The quantitative estimate of drug-likeness (QED) is 0.667. The number of ether oxygens (including phenoxy) is 1. The summed E-state index contributed by atoms with van der Waals surface area (Å²) in [4.78, 5) is 23.9. The van der Waals surface area contributed by atoms with Crippen LogP contribution in [0.3, 0.4) is 0 Å². The van der Waals surface area contributed by atoms with Crippen LogP contribution in [0.1, 0.15) is 85.0 Å². The van der Waals surface area contributed by atoms with E-state index in [1.54, 1.807) is 0 Å². The Morgan fingerprint density at radius 2 is 1.80 bits per heavy atom. The van der Waals surface area contributed by atoms with Crippen LogP contribution in [-0.2, 0) is 14.3 Å². The first kappa shape index (κ1) is 17.5. The van der Waals surface area contributed by atoms with E-state index in [2.05, 4.69) is 13.8 Å². The highest BCUT2D eigenvalue weighted by Crippen LogP contribution is 2.66. The van der Waals surface area contributed by atoms with Crippen LogP contribution in [0.25, 0.3) is 0 Å². The van der Waals surface area contributed by atoms with Gasteiger partial charge in [-0.05, 0) is 74.0 Å². The number of carbonyl (C=O) groups excluding carboxylic acids is 2. The molecule has 0 amide bonds. The van der Waals surface area contributed by atoms with E-state index in [1.165, 1.54) is 32.1 Å². The molecule has 4 saturated carbocycles. The third-order valence-electron chi connectivity index (χ3n) is 8.96. The maximum Gasteiger partial charge on any atom is 0.305 e. The molecule has 0 bridgehead atoms. The van der Waals surface area contributed by atoms with Crippen molar-refractivity contribution in [2.24, 2.45) is 34.5 Å². The smallest absolute Gasteiger partial charge is 0.305 e. The van der Waals surface area contributed by atoms with Crippen molar-refractivity contribution < 1.29 is 14.3 Å². The fraction of sp³-hybridized carbons (Fsp3) is 0.909. The molecule has 0 unspecified atom stereocenters. The predicted molar refractivity (Wildman–Crippen MR) is 96.9 cm³/mol. The van der Waals surface area contributed by atoms with Gasteiger partial charge in [-0.15, -0.1) is 0 Å². The SMILES string of the molecule is CCC(=O)O[C@@H]1CC[C@H]2[C@@H]3CC[C@@H]4CC(=O)CC[C@]4(C)[C@H]3CC[C@]12C. The van der Waals surface area contributed by atoms with Crippen molar-refractivity contribution in [2.45, 2.75) is 91.1 Å². The average molecular weight is 347 g/mol. The first-order chi connectivity index (χ1) is 11.9. The second-order valence-corrected chi connectivity index (χ2v) is 9.85. The molecule has 0 aromatic heterocycles. The zero-order valence-corrected chi connectivity index (χ0v) is 16.2. The van der Waals surface area contributed by atoms with Gasteiger partial charge in [0.1, 0.15) is 11.9 Å². The summed E-state index contributed by atoms with van der Waals surface area (Å²) in [6, 6.07) is 0. The summed E-state index contributed by atoms with van der Waals surface area (Å²) in [7, 11) is 0. The van der Waals surface area contributed by atoms with E-state index in [-0.39, 0.29) is 17.5 Å². The minimum absolute atomic E-state index is 0.0320. The Balaban J connectivity index is 1.56. The molecule has 4 rings (SSSR count). The molecule has 0 spiro atoms. The van der Waals surface area contributed by atoms with Gasteiger partial charge in [0.25, 0.3) is 0 Å². The van der Waals surface area contributed by atoms with Crippen LogP contribution < -0.4 is 0 Å². The summed E-state index contributed by atoms with van der Waals surface area (Å²) in [5.74, 6) is 3.34. The third-order valence-corrected chi connectivity index (χ3v) is 8.96. The van der Waals surface area contributed by atoms with Crippen molar-refractivity contribution in [3.63, 3.8) is 0 Å². The number of carbonyl (C=O) groups is 2. The minimum Gasteiger partial charge on any atom is -0.462 e. The summed E-state index contributed by atoms with van der Waals surface area (Å²) in [6.07, 6.45) is 10.6. The van der Waals surface area contributed by atoms with Crippen LogP contribution in [0.5, 0.6) is 0 Å². The molecule has 0 aromatic rings. The number of ketones is 1. The molecular weight excluding hydrogens is 312 g/mol. The van der Waals surface area contributed by atoms with Gasteiger partial charge < -0.3 is 4.74 Å². The molecule has 4 fully saturated rings. The van der Waals surface area contributed by atoms with Gasteiger partial charge in [0.05, 0.1) is 0 Å². The van der Waals surface area contributed by atoms with Gasteiger partial charge in [-0.2, -0.15) is 0 Å². The molecule has 0 N–H and O–H groups in total. The van der Waals surface area contributed by atoms with Crippen molar-refractivity contribution in [3.05, 3.63) is 0 Å². The van der Waals surface area contributed by atoms with E-state index in [0.717, 1.165) is 37.5 Å². The summed E-state index contributed by atoms with van der Waals surface area (Å²) >= 11 is 0. The normalized spacial score (nSPS) is 49.1. The zero-order valence-electron chi connectivity index (χ0n) is 16.2. The first-order valence-corrected chi connectivity index (χ1v) is 10.6. The van der Waals surface area contributed by atoms with Crippen LogP contribution in [0.4, 0.5) is 0 Å². The topological polar surface area (TPSA) is 43.4 Å². The van der Waals surface area contributed by atoms with Gasteiger partial charge in [-0.3, -0.25) is 9.59 Å². The zero-order chi connectivity index (χ0) is 17.8. The van der Waals surface area contributed by atoms with Crippen LogP contribution >= 0.6 is 0 Å². The lowest BCUT2D eigenvalue weighted by Gasteiger charge is -2.60. The lowest BCUT2D eigenvalue weighted by atomic mass is 9.45. The number of Topliss-reactive ketones (excluding diaryl/α,β-unsaturated/α-hetero) is 1.